The molecular formula is C30H53BrO4. The van der Waals surface area contributed by atoms with Crippen molar-refractivity contribution in [3.63, 3.8) is 0 Å². The second kappa shape index (κ2) is 12.0. The predicted molar refractivity (Wildman–Crippen MR) is 145 cm³/mol. The quantitative estimate of drug-likeness (QED) is 0.193. The number of hydrogen-bond acceptors (Lipinski definition) is 4. The Morgan fingerprint density at radius 3 is 2.26 bits per heavy atom. The number of fused-ring (bicyclic) bond motifs is 5. The zero-order valence-corrected chi connectivity index (χ0v) is 25.0. The molecule has 4 aliphatic carbocycles. The number of ether oxygens (including phenoxy) is 4. The van der Waals surface area contributed by atoms with Crippen LogP contribution in [0.3, 0.4) is 0 Å². The molecular weight excluding hydrogens is 504 g/mol. The van der Waals surface area contributed by atoms with Crippen molar-refractivity contribution in [2.24, 2.45) is 52.3 Å². The van der Waals surface area contributed by atoms with Gasteiger partial charge < -0.3 is 18.9 Å². The van der Waals surface area contributed by atoms with Gasteiger partial charge in [0.1, 0.15) is 13.6 Å². The van der Waals surface area contributed by atoms with Gasteiger partial charge in [0.25, 0.3) is 0 Å². The van der Waals surface area contributed by atoms with Crippen molar-refractivity contribution >= 4 is 15.9 Å². The lowest BCUT2D eigenvalue weighted by atomic mass is 9.41. The molecule has 5 heteroatoms. The highest BCUT2D eigenvalue weighted by atomic mass is 79.9. The summed E-state index contributed by atoms with van der Waals surface area (Å²) in [5.41, 5.74) is 0.855. The summed E-state index contributed by atoms with van der Waals surface area (Å²) < 4.78 is 23.7. The Kier molecular flexibility index (Phi) is 9.72. The number of alkyl halides is 1. The van der Waals surface area contributed by atoms with Crippen LogP contribution in [-0.2, 0) is 18.9 Å². The van der Waals surface area contributed by atoms with Gasteiger partial charge >= 0.3 is 0 Å². The average molecular weight is 558 g/mol. The van der Waals surface area contributed by atoms with Crippen LogP contribution in [-0.4, -0.2) is 45.3 Å². The second-order valence-electron chi connectivity index (χ2n) is 13.0. The maximum absolute atomic E-state index is 6.74. The highest BCUT2D eigenvalue weighted by Crippen LogP contribution is 2.70. The largest absolute Gasteiger partial charge is 0.359 e. The zero-order valence-electron chi connectivity index (χ0n) is 23.4. The molecule has 0 heterocycles. The third-order valence-electron chi connectivity index (χ3n) is 11.7. The number of methoxy groups -OCH3 is 2. The van der Waals surface area contributed by atoms with Crippen LogP contribution in [0, 0.1) is 52.3 Å². The summed E-state index contributed by atoms with van der Waals surface area (Å²) >= 11 is 3.67. The summed E-state index contributed by atoms with van der Waals surface area (Å²) in [6.45, 7) is 11.1. The Balaban J connectivity index is 1.64. The molecule has 4 unspecified atom stereocenters. The van der Waals surface area contributed by atoms with E-state index in [1.807, 2.05) is 0 Å². The van der Waals surface area contributed by atoms with Crippen molar-refractivity contribution < 1.29 is 18.9 Å². The smallest absolute Gasteiger partial charge is 0.146 e. The average Bonchev–Trinajstić information content (AvgIpc) is 3.21. The van der Waals surface area contributed by atoms with Crippen molar-refractivity contribution in [2.75, 3.05) is 33.1 Å². The minimum atomic E-state index is 0.311. The summed E-state index contributed by atoms with van der Waals surface area (Å²) in [5, 5.41) is 1.13. The summed E-state index contributed by atoms with van der Waals surface area (Å²) in [7, 11) is 3.51. The van der Waals surface area contributed by atoms with Crippen LogP contribution in [0.5, 0.6) is 0 Å². The molecule has 4 aliphatic rings. The molecule has 0 bridgehead atoms. The minimum Gasteiger partial charge on any atom is -0.359 e. The van der Waals surface area contributed by atoms with Gasteiger partial charge in [0.05, 0.1) is 12.2 Å². The monoisotopic (exact) mass is 556 g/mol. The maximum Gasteiger partial charge on any atom is 0.146 e. The van der Waals surface area contributed by atoms with Gasteiger partial charge in [-0.3, -0.25) is 0 Å². The van der Waals surface area contributed by atoms with Crippen molar-refractivity contribution in [1.29, 1.82) is 0 Å². The molecule has 0 spiro atoms. The van der Waals surface area contributed by atoms with Crippen LogP contribution in [0.25, 0.3) is 0 Å². The van der Waals surface area contributed by atoms with Crippen molar-refractivity contribution in [3.8, 4) is 0 Å². The number of hydrogen-bond donors (Lipinski definition) is 0. The normalized spacial score (nSPS) is 46.0. The van der Waals surface area contributed by atoms with E-state index in [-0.39, 0.29) is 0 Å². The molecule has 0 N–H and O–H groups in total. The summed E-state index contributed by atoms with van der Waals surface area (Å²) in [6, 6.07) is 0. The lowest BCUT2D eigenvalue weighted by Gasteiger charge is -2.65. The van der Waals surface area contributed by atoms with Gasteiger partial charge in [-0.05, 0) is 110 Å². The van der Waals surface area contributed by atoms with Gasteiger partial charge in [0.2, 0.25) is 0 Å². The fourth-order valence-electron chi connectivity index (χ4n) is 10.2. The topological polar surface area (TPSA) is 36.9 Å². The highest BCUT2D eigenvalue weighted by Gasteiger charge is 2.65. The van der Waals surface area contributed by atoms with Crippen LogP contribution in [0.4, 0.5) is 0 Å². The highest BCUT2D eigenvalue weighted by molar-refractivity contribution is 9.09. The molecule has 0 amide bonds. The SMILES string of the molecule is CC[C@@H]1C2C[C@H](OCOC)CC[C@]2(C)C2CC[C@@]3(C)C(CC[C@@H]3[C@H](C)CCCBr)C2[C@@H]1OCOC. The number of rotatable bonds is 11. The maximum atomic E-state index is 6.74. The Hall–Kier alpha value is 0.320. The molecule has 0 aromatic heterocycles. The lowest BCUT2D eigenvalue weighted by molar-refractivity contribution is -0.239. The van der Waals surface area contributed by atoms with E-state index in [9.17, 15) is 0 Å². The Morgan fingerprint density at radius 1 is 0.886 bits per heavy atom. The predicted octanol–water partition coefficient (Wildman–Crippen LogP) is 7.68. The van der Waals surface area contributed by atoms with Crippen LogP contribution >= 0.6 is 15.9 Å². The molecule has 0 saturated heterocycles. The van der Waals surface area contributed by atoms with Crippen LogP contribution in [0.2, 0.25) is 0 Å². The fourth-order valence-corrected chi connectivity index (χ4v) is 10.5. The molecule has 4 saturated carbocycles. The van der Waals surface area contributed by atoms with E-state index in [1.165, 1.54) is 57.8 Å². The van der Waals surface area contributed by atoms with E-state index in [4.69, 9.17) is 18.9 Å². The molecule has 0 aromatic rings. The van der Waals surface area contributed by atoms with Crippen molar-refractivity contribution in [2.45, 2.75) is 104 Å². The lowest BCUT2D eigenvalue weighted by Crippen LogP contribution is -2.63. The van der Waals surface area contributed by atoms with Crippen LogP contribution in [0.15, 0.2) is 0 Å². The Morgan fingerprint density at radius 2 is 1.57 bits per heavy atom. The molecule has 0 aromatic carbocycles. The van der Waals surface area contributed by atoms with E-state index >= 15 is 0 Å². The first-order valence-electron chi connectivity index (χ1n) is 14.6. The summed E-state index contributed by atoms with van der Waals surface area (Å²) in [4.78, 5) is 0. The zero-order chi connectivity index (χ0) is 25.2. The fraction of sp³-hybridized carbons (Fsp3) is 1.00. The first kappa shape index (κ1) is 28.3. The van der Waals surface area contributed by atoms with Crippen LogP contribution < -0.4 is 0 Å². The molecule has 4 rings (SSSR count). The molecule has 11 atom stereocenters. The van der Waals surface area contributed by atoms with Gasteiger partial charge in [-0.25, -0.2) is 0 Å². The van der Waals surface area contributed by atoms with Gasteiger partial charge in [-0.1, -0.05) is 50.0 Å². The summed E-state index contributed by atoms with van der Waals surface area (Å²) in [6.07, 6.45) is 13.7. The second-order valence-corrected chi connectivity index (χ2v) is 13.8. The van der Waals surface area contributed by atoms with Crippen LogP contribution in [0.1, 0.15) is 91.9 Å². The van der Waals surface area contributed by atoms with Crippen molar-refractivity contribution in [1.82, 2.24) is 0 Å². The first-order valence-corrected chi connectivity index (χ1v) is 15.7. The molecule has 204 valence electrons. The van der Waals surface area contributed by atoms with E-state index in [2.05, 4.69) is 43.6 Å². The Labute approximate surface area is 224 Å². The van der Waals surface area contributed by atoms with Crippen molar-refractivity contribution in [3.05, 3.63) is 0 Å². The van der Waals surface area contributed by atoms with E-state index in [1.54, 1.807) is 14.2 Å². The van der Waals surface area contributed by atoms with Gasteiger partial charge in [-0.15, -0.1) is 0 Å². The standard InChI is InChI=1S/C30H53BrO4/c1-7-22-26-17-21(34-18-32-5)12-14-30(26,4)25-13-15-29(3)23(20(2)9-8-16-31)10-11-24(29)27(25)28(22)35-19-33-6/h20-28H,7-19H2,1-6H3/t20-,21-,22-,23-,24?,25?,26?,27?,28-,29-,30-/m1/s1. The molecule has 4 fully saturated rings. The minimum absolute atomic E-state index is 0.311. The molecule has 0 aliphatic heterocycles. The molecule has 4 nitrogen and oxygen atoms in total. The van der Waals surface area contributed by atoms with Gasteiger partial charge in [-0.2, -0.15) is 0 Å². The third kappa shape index (κ3) is 5.16. The first-order chi connectivity index (χ1) is 16.9. The number of halogens is 1. The van der Waals surface area contributed by atoms with E-state index in [0.717, 1.165) is 35.4 Å². The van der Waals surface area contributed by atoms with E-state index < -0.39 is 0 Å². The molecule has 0 radical (unpaired) electrons. The summed E-state index contributed by atoms with van der Waals surface area (Å²) in [5.74, 6) is 5.13. The van der Waals surface area contributed by atoms with E-state index in [0.29, 0.717) is 54.4 Å². The third-order valence-corrected chi connectivity index (χ3v) is 12.3. The van der Waals surface area contributed by atoms with Gasteiger partial charge in [0.15, 0.2) is 0 Å². The van der Waals surface area contributed by atoms with Gasteiger partial charge in [0, 0.05) is 19.5 Å². The molecule has 35 heavy (non-hydrogen) atoms. The Bertz CT molecular complexity index is 675.